The molecule has 0 unspecified atom stereocenters. The van der Waals surface area contributed by atoms with Crippen LogP contribution in [0.25, 0.3) is 10.8 Å². The van der Waals surface area contributed by atoms with Crippen LogP contribution in [-0.2, 0) is 7.05 Å². The van der Waals surface area contributed by atoms with Gasteiger partial charge < -0.3 is 4.57 Å². The van der Waals surface area contributed by atoms with Gasteiger partial charge in [-0.15, -0.1) is 0 Å². The van der Waals surface area contributed by atoms with Crippen LogP contribution in [-0.4, -0.2) is 4.57 Å². The van der Waals surface area contributed by atoms with Crippen molar-refractivity contribution in [3.05, 3.63) is 46.9 Å². The highest BCUT2D eigenvalue weighted by molar-refractivity contribution is 5.80. The number of rotatable bonds is 0. The van der Waals surface area contributed by atoms with E-state index in [-0.39, 0.29) is 5.56 Å². The molecule has 59 valence electrons. The number of aromatic nitrogens is 1. The zero-order valence-electron chi connectivity index (χ0n) is 6.74. The zero-order chi connectivity index (χ0) is 8.55. The maximum Gasteiger partial charge on any atom is 0.258 e. The van der Waals surface area contributed by atoms with Crippen LogP contribution in [0.2, 0.25) is 0 Å². The Labute approximate surface area is 70.1 Å². The maximum atomic E-state index is 11.5. The molecule has 0 saturated carbocycles. The van der Waals surface area contributed by atoms with Gasteiger partial charge in [-0.05, 0) is 17.5 Å². The van der Waals surface area contributed by atoms with Gasteiger partial charge in [0.25, 0.3) is 5.56 Å². The highest BCUT2D eigenvalue weighted by Gasteiger charge is 1.97. The van der Waals surface area contributed by atoms with Crippen molar-refractivity contribution in [3.8, 4) is 0 Å². The van der Waals surface area contributed by atoms with Gasteiger partial charge in [-0.1, -0.05) is 18.2 Å². The Morgan fingerprint density at radius 2 is 2.08 bits per heavy atom. The quantitative estimate of drug-likeness (QED) is 0.567. The average molecular weight is 158 g/mol. The summed E-state index contributed by atoms with van der Waals surface area (Å²) in [4.78, 5) is 11.5. The van der Waals surface area contributed by atoms with Crippen molar-refractivity contribution in [3.63, 3.8) is 0 Å². The molecule has 2 heteroatoms. The third-order valence-corrected chi connectivity index (χ3v) is 1.91. The molecule has 0 bridgehead atoms. The molecule has 0 saturated heterocycles. The molecule has 12 heavy (non-hydrogen) atoms. The predicted molar refractivity (Wildman–Crippen MR) is 48.0 cm³/mol. The Balaban J connectivity index is 3.01. The number of aryl methyl sites for hydroxylation is 1. The third-order valence-electron chi connectivity index (χ3n) is 1.91. The van der Waals surface area contributed by atoms with Crippen LogP contribution in [0.5, 0.6) is 0 Å². The van der Waals surface area contributed by atoms with E-state index in [1.54, 1.807) is 7.05 Å². The van der Waals surface area contributed by atoms with Crippen LogP contribution < -0.4 is 5.56 Å². The van der Waals surface area contributed by atoms with E-state index in [4.69, 9.17) is 0 Å². The Morgan fingerprint density at radius 3 is 2.92 bits per heavy atom. The molecule has 1 radical (unpaired) electrons. The van der Waals surface area contributed by atoms with E-state index in [0.717, 1.165) is 10.8 Å². The number of pyridine rings is 1. The standard InChI is InChI=1S/C10H8NO/c1-11-7-6-8-4-2-3-5-9(8)10(11)12/h2-6H,1H3. The van der Waals surface area contributed by atoms with Gasteiger partial charge in [0.1, 0.15) is 0 Å². The van der Waals surface area contributed by atoms with Crippen molar-refractivity contribution in [2.75, 3.05) is 0 Å². The third kappa shape index (κ3) is 0.925. The van der Waals surface area contributed by atoms with E-state index in [1.165, 1.54) is 4.57 Å². The predicted octanol–water partition coefficient (Wildman–Crippen LogP) is 1.34. The van der Waals surface area contributed by atoms with E-state index in [1.807, 2.05) is 30.3 Å². The van der Waals surface area contributed by atoms with Gasteiger partial charge in [0.05, 0.1) is 6.20 Å². The topological polar surface area (TPSA) is 22.0 Å². The summed E-state index contributed by atoms with van der Waals surface area (Å²) < 4.78 is 1.46. The summed E-state index contributed by atoms with van der Waals surface area (Å²) in [6.07, 6.45) is 2.85. The normalized spacial score (nSPS) is 10.4. The summed E-state index contributed by atoms with van der Waals surface area (Å²) in [5.41, 5.74) is 0.00750. The van der Waals surface area contributed by atoms with Crippen molar-refractivity contribution < 1.29 is 0 Å². The largest absolute Gasteiger partial charge is 0.309 e. The molecular weight excluding hydrogens is 150 g/mol. The first-order valence-corrected chi connectivity index (χ1v) is 3.75. The number of hydrogen-bond acceptors (Lipinski definition) is 1. The zero-order valence-corrected chi connectivity index (χ0v) is 6.74. The molecule has 0 aliphatic heterocycles. The van der Waals surface area contributed by atoms with E-state index >= 15 is 0 Å². The lowest BCUT2D eigenvalue weighted by Gasteiger charge is -1.98. The minimum atomic E-state index is 0.00750. The summed E-state index contributed by atoms with van der Waals surface area (Å²) in [5, 5.41) is 1.69. The van der Waals surface area contributed by atoms with Crippen LogP contribution in [0.1, 0.15) is 0 Å². The number of nitrogens with zero attached hydrogens (tertiary/aromatic N) is 1. The lowest BCUT2D eigenvalue weighted by Crippen LogP contribution is -2.15. The second-order valence-corrected chi connectivity index (χ2v) is 2.72. The SMILES string of the molecule is Cn1[c]cc2ccccc2c1=O. The molecule has 0 atom stereocenters. The monoisotopic (exact) mass is 158 g/mol. The van der Waals surface area contributed by atoms with Crippen molar-refractivity contribution in [2.45, 2.75) is 0 Å². The van der Waals surface area contributed by atoms with Crippen molar-refractivity contribution in [2.24, 2.45) is 7.05 Å². The van der Waals surface area contributed by atoms with E-state index in [9.17, 15) is 4.79 Å². The summed E-state index contributed by atoms with van der Waals surface area (Å²) in [7, 11) is 1.70. The smallest absolute Gasteiger partial charge is 0.258 e. The molecule has 0 N–H and O–H groups in total. The fourth-order valence-electron chi connectivity index (χ4n) is 1.22. The van der Waals surface area contributed by atoms with Gasteiger partial charge in [-0.2, -0.15) is 0 Å². The second kappa shape index (κ2) is 2.48. The van der Waals surface area contributed by atoms with Gasteiger partial charge in [0.2, 0.25) is 0 Å². The molecule has 0 spiro atoms. The van der Waals surface area contributed by atoms with Crippen molar-refractivity contribution in [1.82, 2.24) is 4.57 Å². The minimum absolute atomic E-state index is 0.00750. The first-order chi connectivity index (χ1) is 5.79. The number of fused-ring (bicyclic) bond motifs is 1. The second-order valence-electron chi connectivity index (χ2n) is 2.72. The highest BCUT2D eigenvalue weighted by Crippen LogP contribution is 2.06. The van der Waals surface area contributed by atoms with E-state index < -0.39 is 0 Å². The van der Waals surface area contributed by atoms with Crippen LogP contribution in [0.4, 0.5) is 0 Å². The molecule has 0 aliphatic rings. The summed E-state index contributed by atoms with van der Waals surface area (Å²) in [6.45, 7) is 0. The van der Waals surface area contributed by atoms with Crippen LogP contribution >= 0.6 is 0 Å². The molecule has 0 amide bonds. The molecule has 0 aliphatic carbocycles. The van der Waals surface area contributed by atoms with Gasteiger partial charge in [-0.25, -0.2) is 0 Å². The van der Waals surface area contributed by atoms with E-state index in [0.29, 0.717) is 0 Å². The first kappa shape index (κ1) is 7.10. The summed E-state index contributed by atoms with van der Waals surface area (Å²) in [5.74, 6) is 0. The Kier molecular flexibility index (Phi) is 1.47. The Hall–Kier alpha value is -1.57. The number of hydrogen-bond donors (Lipinski definition) is 0. The van der Waals surface area contributed by atoms with Gasteiger partial charge >= 0.3 is 0 Å². The lowest BCUT2D eigenvalue weighted by atomic mass is 10.2. The average Bonchev–Trinajstić information content (AvgIpc) is 2.12. The first-order valence-electron chi connectivity index (χ1n) is 3.75. The fraction of sp³-hybridized carbons (Fsp3) is 0.100. The van der Waals surface area contributed by atoms with Crippen LogP contribution in [0, 0.1) is 6.20 Å². The van der Waals surface area contributed by atoms with Gasteiger partial charge in [-0.3, -0.25) is 4.79 Å². The van der Waals surface area contributed by atoms with Crippen LogP contribution in [0.15, 0.2) is 35.1 Å². The molecular formula is C10H8NO. The molecule has 2 nitrogen and oxygen atoms in total. The summed E-state index contributed by atoms with van der Waals surface area (Å²) in [6, 6.07) is 9.33. The van der Waals surface area contributed by atoms with Crippen molar-refractivity contribution in [1.29, 1.82) is 0 Å². The van der Waals surface area contributed by atoms with E-state index in [2.05, 4.69) is 6.20 Å². The van der Waals surface area contributed by atoms with Crippen molar-refractivity contribution >= 4 is 10.8 Å². The molecule has 0 fully saturated rings. The Bertz CT molecular complexity index is 470. The van der Waals surface area contributed by atoms with Gasteiger partial charge in [0.15, 0.2) is 0 Å². The number of benzene rings is 1. The Morgan fingerprint density at radius 1 is 1.33 bits per heavy atom. The molecule has 2 aromatic rings. The molecule has 1 heterocycles. The molecule has 2 rings (SSSR count). The fourth-order valence-corrected chi connectivity index (χ4v) is 1.22. The minimum Gasteiger partial charge on any atom is -0.309 e. The molecule has 1 aromatic heterocycles. The maximum absolute atomic E-state index is 11.5. The lowest BCUT2D eigenvalue weighted by molar-refractivity contribution is 0.864. The van der Waals surface area contributed by atoms with Crippen LogP contribution in [0.3, 0.4) is 0 Å². The highest BCUT2D eigenvalue weighted by atomic mass is 16.1. The summed E-state index contributed by atoms with van der Waals surface area (Å²) >= 11 is 0. The van der Waals surface area contributed by atoms with Gasteiger partial charge in [0, 0.05) is 12.4 Å². The molecule has 1 aromatic carbocycles.